The Balaban J connectivity index is 2.07. The second-order valence-corrected chi connectivity index (χ2v) is 5.94. The zero-order valence-electron chi connectivity index (χ0n) is 14.0. The molecule has 0 aromatic heterocycles. The van der Waals surface area contributed by atoms with Crippen molar-refractivity contribution in [3.05, 3.63) is 54.1 Å². The van der Waals surface area contributed by atoms with Crippen molar-refractivity contribution < 1.29 is 14.3 Å². The number of methoxy groups -OCH3 is 1. The summed E-state index contributed by atoms with van der Waals surface area (Å²) in [5.41, 5.74) is 1.94. The van der Waals surface area contributed by atoms with Gasteiger partial charge in [-0.2, -0.15) is 0 Å². The Morgan fingerprint density at radius 2 is 1.67 bits per heavy atom. The molecule has 3 rings (SSSR count). The van der Waals surface area contributed by atoms with Gasteiger partial charge in [0.2, 0.25) is 5.91 Å². The Hall–Kier alpha value is -2.82. The van der Waals surface area contributed by atoms with Crippen molar-refractivity contribution in [1.82, 2.24) is 0 Å². The first-order chi connectivity index (χ1) is 11.5. The van der Waals surface area contributed by atoms with Crippen LogP contribution >= 0.6 is 0 Å². The maximum absolute atomic E-state index is 13.0. The van der Waals surface area contributed by atoms with Gasteiger partial charge in [-0.15, -0.1) is 0 Å². The van der Waals surface area contributed by atoms with Crippen LogP contribution < -0.4 is 14.5 Å². The third-order valence-electron chi connectivity index (χ3n) is 4.09. The summed E-state index contributed by atoms with van der Waals surface area (Å²) in [5.74, 6) is 0.169. The molecule has 0 bridgehead atoms. The number of benzene rings is 2. The van der Waals surface area contributed by atoms with Gasteiger partial charge < -0.3 is 9.64 Å². The number of hydrogen-bond donors (Lipinski definition) is 0. The molecule has 2 aromatic rings. The molecule has 1 heterocycles. The summed E-state index contributed by atoms with van der Waals surface area (Å²) in [6.45, 7) is 3.95. The smallest absolute Gasteiger partial charge is 0.262 e. The molecule has 0 radical (unpaired) electrons. The fourth-order valence-corrected chi connectivity index (χ4v) is 3.04. The predicted molar refractivity (Wildman–Crippen MR) is 93.7 cm³/mol. The summed E-state index contributed by atoms with van der Waals surface area (Å²) in [6.07, 6.45) is 0. The largest absolute Gasteiger partial charge is 0.496 e. The van der Waals surface area contributed by atoms with Crippen molar-refractivity contribution in [2.45, 2.75) is 19.9 Å². The molecule has 0 N–H and O–H groups in total. The molecule has 1 aliphatic heterocycles. The summed E-state index contributed by atoms with van der Waals surface area (Å²) in [7, 11) is 1.53. The van der Waals surface area contributed by atoms with Crippen LogP contribution in [0.3, 0.4) is 0 Å². The Morgan fingerprint density at radius 1 is 1.04 bits per heavy atom. The molecule has 0 fully saturated rings. The van der Waals surface area contributed by atoms with Crippen molar-refractivity contribution in [2.24, 2.45) is 0 Å². The van der Waals surface area contributed by atoms with E-state index in [1.807, 2.05) is 44.2 Å². The lowest BCUT2D eigenvalue weighted by Gasteiger charge is -2.38. The van der Waals surface area contributed by atoms with Crippen molar-refractivity contribution in [3.8, 4) is 5.75 Å². The molecule has 0 spiro atoms. The Kier molecular flexibility index (Phi) is 4.25. The fraction of sp³-hybridized carbons (Fsp3) is 0.263. The van der Waals surface area contributed by atoms with Crippen LogP contribution in [-0.4, -0.2) is 31.5 Å². The summed E-state index contributed by atoms with van der Waals surface area (Å²) in [4.78, 5) is 28.9. The van der Waals surface area contributed by atoms with Crippen LogP contribution in [-0.2, 0) is 4.79 Å². The van der Waals surface area contributed by atoms with Gasteiger partial charge in [0.25, 0.3) is 5.91 Å². The molecule has 0 aliphatic carbocycles. The van der Waals surface area contributed by atoms with Gasteiger partial charge >= 0.3 is 0 Å². The summed E-state index contributed by atoms with van der Waals surface area (Å²) >= 11 is 0. The SMILES string of the molecule is COc1ccccc1C(=O)N1CC(=O)N(C(C)C)c2ccccc21. The number of rotatable bonds is 3. The number of carbonyl (C=O) groups is 2. The lowest BCUT2D eigenvalue weighted by atomic mass is 10.1. The van der Waals surface area contributed by atoms with Gasteiger partial charge in [0, 0.05) is 6.04 Å². The molecule has 1 aliphatic rings. The third-order valence-corrected chi connectivity index (χ3v) is 4.09. The molecule has 0 unspecified atom stereocenters. The zero-order chi connectivity index (χ0) is 17.3. The van der Waals surface area contributed by atoms with Gasteiger partial charge in [0.1, 0.15) is 12.3 Å². The lowest BCUT2D eigenvalue weighted by Crippen LogP contribution is -2.50. The van der Waals surface area contributed by atoms with E-state index in [4.69, 9.17) is 4.74 Å². The average Bonchev–Trinajstić information content (AvgIpc) is 2.59. The Labute approximate surface area is 141 Å². The number of hydrogen-bond acceptors (Lipinski definition) is 3. The number of fused-ring (bicyclic) bond motifs is 1. The molecule has 0 saturated carbocycles. The first-order valence-electron chi connectivity index (χ1n) is 7.90. The zero-order valence-corrected chi connectivity index (χ0v) is 14.0. The second kappa shape index (κ2) is 6.35. The number of nitrogens with zero attached hydrogens (tertiary/aromatic N) is 2. The van der Waals surface area contributed by atoms with Crippen molar-refractivity contribution >= 4 is 23.2 Å². The molecule has 5 heteroatoms. The van der Waals surface area contributed by atoms with E-state index in [9.17, 15) is 9.59 Å². The number of ether oxygens (including phenoxy) is 1. The summed E-state index contributed by atoms with van der Waals surface area (Å²) in [6, 6.07) is 14.6. The van der Waals surface area contributed by atoms with E-state index in [1.165, 1.54) is 12.0 Å². The molecule has 5 nitrogen and oxygen atoms in total. The average molecular weight is 324 g/mol. The van der Waals surface area contributed by atoms with Gasteiger partial charge in [-0.05, 0) is 38.1 Å². The van der Waals surface area contributed by atoms with Crippen molar-refractivity contribution in [2.75, 3.05) is 23.5 Å². The Bertz CT molecular complexity index is 786. The molecular weight excluding hydrogens is 304 g/mol. The van der Waals surface area contributed by atoms with Crippen molar-refractivity contribution in [1.29, 1.82) is 0 Å². The van der Waals surface area contributed by atoms with Crippen LogP contribution in [0.15, 0.2) is 48.5 Å². The number of amides is 2. The van der Waals surface area contributed by atoms with E-state index < -0.39 is 0 Å². The second-order valence-electron chi connectivity index (χ2n) is 5.94. The van der Waals surface area contributed by atoms with E-state index in [0.29, 0.717) is 11.3 Å². The predicted octanol–water partition coefficient (Wildman–Crippen LogP) is 3.10. The summed E-state index contributed by atoms with van der Waals surface area (Å²) in [5, 5.41) is 0. The van der Waals surface area contributed by atoms with E-state index in [-0.39, 0.29) is 24.4 Å². The van der Waals surface area contributed by atoms with Gasteiger partial charge in [0.15, 0.2) is 0 Å². The highest BCUT2D eigenvalue weighted by molar-refractivity contribution is 6.16. The molecule has 0 saturated heterocycles. The van der Waals surface area contributed by atoms with Gasteiger partial charge in [-0.3, -0.25) is 14.5 Å². The monoisotopic (exact) mass is 324 g/mol. The number of para-hydroxylation sites is 3. The number of anilines is 2. The highest BCUT2D eigenvalue weighted by Gasteiger charge is 2.34. The first kappa shape index (κ1) is 16.1. The van der Waals surface area contributed by atoms with Crippen molar-refractivity contribution in [3.63, 3.8) is 0 Å². The maximum atomic E-state index is 13.0. The summed E-state index contributed by atoms with van der Waals surface area (Å²) < 4.78 is 5.29. The minimum atomic E-state index is -0.239. The van der Waals surface area contributed by atoms with Crippen LogP contribution in [0.25, 0.3) is 0 Å². The van der Waals surface area contributed by atoms with Crippen LogP contribution in [0.2, 0.25) is 0 Å². The Morgan fingerprint density at radius 3 is 2.33 bits per heavy atom. The van der Waals surface area contributed by atoms with Crippen LogP contribution in [0.1, 0.15) is 24.2 Å². The minimum absolute atomic E-state index is 0.0199. The van der Waals surface area contributed by atoms with Gasteiger partial charge in [0.05, 0.1) is 24.0 Å². The molecule has 24 heavy (non-hydrogen) atoms. The third kappa shape index (κ3) is 2.62. The highest BCUT2D eigenvalue weighted by atomic mass is 16.5. The van der Waals surface area contributed by atoms with E-state index in [0.717, 1.165) is 11.4 Å². The van der Waals surface area contributed by atoms with E-state index in [1.54, 1.807) is 23.1 Å². The molecule has 2 amide bonds. The highest BCUT2D eigenvalue weighted by Crippen LogP contribution is 2.36. The normalized spacial score (nSPS) is 13.9. The minimum Gasteiger partial charge on any atom is -0.496 e. The fourth-order valence-electron chi connectivity index (χ4n) is 3.04. The molecule has 2 aromatic carbocycles. The molecule has 0 atom stereocenters. The van der Waals surface area contributed by atoms with Crippen LogP contribution in [0, 0.1) is 0 Å². The first-order valence-corrected chi connectivity index (χ1v) is 7.90. The molecule has 124 valence electrons. The topological polar surface area (TPSA) is 49.9 Å². The van der Waals surface area contributed by atoms with Gasteiger partial charge in [-0.25, -0.2) is 0 Å². The quantitative estimate of drug-likeness (QED) is 0.872. The van der Waals surface area contributed by atoms with Crippen LogP contribution in [0.4, 0.5) is 11.4 Å². The number of carbonyl (C=O) groups excluding carboxylic acids is 2. The molecular formula is C19H20N2O3. The van der Waals surface area contributed by atoms with E-state index in [2.05, 4.69) is 0 Å². The van der Waals surface area contributed by atoms with Crippen LogP contribution in [0.5, 0.6) is 5.75 Å². The lowest BCUT2D eigenvalue weighted by molar-refractivity contribution is -0.117. The van der Waals surface area contributed by atoms with E-state index >= 15 is 0 Å². The standard InChI is InChI=1S/C19H20N2O3/c1-13(2)21-16-10-6-5-9-15(16)20(12-18(21)22)19(23)14-8-4-7-11-17(14)24-3/h4-11,13H,12H2,1-3H3. The maximum Gasteiger partial charge on any atom is 0.262 e. The van der Waals surface area contributed by atoms with Gasteiger partial charge in [-0.1, -0.05) is 24.3 Å².